The maximum atomic E-state index is 3.87. The van der Waals surface area contributed by atoms with Gasteiger partial charge in [-0.25, -0.2) is 0 Å². The maximum Gasteiger partial charge on any atom is -0.0351 e. The van der Waals surface area contributed by atoms with Gasteiger partial charge in [0.1, 0.15) is 0 Å². The van der Waals surface area contributed by atoms with Crippen molar-refractivity contribution >= 4 is 0 Å². The van der Waals surface area contributed by atoms with Crippen molar-refractivity contribution in [3.8, 4) is 0 Å². The SMILES string of the molecule is [CH2]CCCC/C=C/CCCCCCCCCCCC. The van der Waals surface area contributed by atoms with Crippen molar-refractivity contribution in [2.24, 2.45) is 0 Å². The van der Waals surface area contributed by atoms with Crippen LogP contribution in [0.2, 0.25) is 0 Å². The summed E-state index contributed by atoms with van der Waals surface area (Å²) >= 11 is 0. The molecule has 0 aromatic rings. The fraction of sp³-hybridized carbons (Fsp3) is 0.842. The van der Waals surface area contributed by atoms with E-state index in [2.05, 4.69) is 26.0 Å². The molecule has 0 spiro atoms. The van der Waals surface area contributed by atoms with Gasteiger partial charge in [-0.3, -0.25) is 0 Å². The highest BCUT2D eigenvalue weighted by Gasteiger charge is 1.91. The first-order chi connectivity index (χ1) is 9.41. The topological polar surface area (TPSA) is 0 Å². The van der Waals surface area contributed by atoms with Gasteiger partial charge in [0.05, 0.1) is 0 Å². The van der Waals surface area contributed by atoms with Crippen molar-refractivity contribution in [1.82, 2.24) is 0 Å². The summed E-state index contributed by atoms with van der Waals surface area (Å²) in [5.41, 5.74) is 0. The smallest absolute Gasteiger partial charge is 0.0351 e. The zero-order valence-corrected chi connectivity index (χ0v) is 13.5. The summed E-state index contributed by atoms with van der Waals surface area (Å²) in [6.45, 7) is 6.15. The Balaban J connectivity index is 2.98. The lowest BCUT2D eigenvalue weighted by Crippen LogP contribution is -1.81. The van der Waals surface area contributed by atoms with Crippen LogP contribution in [0.3, 0.4) is 0 Å². The van der Waals surface area contributed by atoms with E-state index in [1.807, 2.05) is 0 Å². The van der Waals surface area contributed by atoms with Crippen molar-refractivity contribution in [3.05, 3.63) is 19.1 Å². The Morgan fingerprint density at radius 1 is 0.579 bits per heavy atom. The summed E-state index contributed by atoms with van der Waals surface area (Å²) in [6.07, 6.45) is 25.3. The summed E-state index contributed by atoms with van der Waals surface area (Å²) in [5.74, 6) is 0. The molecule has 1 radical (unpaired) electrons. The summed E-state index contributed by atoms with van der Waals surface area (Å²) in [7, 11) is 0. The Hall–Kier alpha value is -0.260. The van der Waals surface area contributed by atoms with Crippen LogP contribution in [0.4, 0.5) is 0 Å². The van der Waals surface area contributed by atoms with E-state index in [4.69, 9.17) is 0 Å². The van der Waals surface area contributed by atoms with Crippen molar-refractivity contribution < 1.29 is 0 Å². The highest BCUT2D eigenvalue weighted by atomic mass is 14.0. The average Bonchev–Trinajstić information content (AvgIpc) is 2.43. The van der Waals surface area contributed by atoms with E-state index in [0.29, 0.717) is 0 Å². The highest BCUT2D eigenvalue weighted by molar-refractivity contribution is 4.81. The van der Waals surface area contributed by atoms with Crippen LogP contribution in [0.1, 0.15) is 103 Å². The Morgan fingerprint density at radius 2 is 1.00 bits per heavy atom. The van der Waals surface area contributed by atoms with Crippen LogP contribution in [0.25, 0.3) is 0 Å². The second-order valence-corrected chi connectivity index (χ2v) is 5.79. The average molecular weight is 266 g/mol. The molecule has 19 heavy (non-hydrogen) atoms. The Morgan fingerprint density at radius 3 is 1.47 bits per heavy atom. The van der Waals surface area contributed by atoms with Crippen molar-refractivity contribution in [2.75, 3.05) is 0 Å². The highest BCUT2D eigenvalue weighted by Crippen LogP contribution is 2.11. The van der Waals surface area contributed by atoms with E-state index >= 15 is 0 Å². The van der Waals surface area contributed by atoms with Crippen molar-refractivity contribution in [3.63, 3.8) is 0 Å². The third-order valence-electron chi connectivity index (χ3n) is 3.76. The molecule has 113 valence electrons. The molecule has 0 heteroatoms. The number of allylic oxidation sites excluding steroid dienone is 2. The first kappa shape index (κ1) is 18.7. The number of unbranched alkanes of at least 4 members (excludes halogenated alkanes) is 13. The molecular weight excluding hydrogens is 228 g/mol. The van der Waals surface area contributed by atoms with Crippen LogP contribution in [-0.2, 0) is 0 Å². The second kappa shape index (κ2) is 17.7. The first-order valence-corrected chi connectivity index (χ1v) is 8.86. The Bertz CT molecular complexity index is 169. The molecule has 0 saturated heterocycles. The van der Waals surface area contributed by atoms with Crippen LogP contribution in [-0.4, -0.2) is 0 Å². The van der Waals surface area contributed by atoms with Crippen LogP contribution < -0.4 is 0 Å². The van der Waals surface area contributed by atoms with Gasteiger partial charge in [-0.2, -0.15) is 0 Å². The predicted octanol–water partition coefficient (Wildman–Crippen LogP) is 7.25. The first-order valence-electron chi connectivity index (χ1n) is 8.86. The molecule has 0 bridgehead atoms. The molecule has 0 aromatic carbocycles. The van der Waals surface area contributed by atoms with Crippen LogP contribution >= 0.6 is 0 Å². The number of hydrogen-bond acceptors (Lipinski definition) is 0. The van der Waals surface area contributed by atoms with Crippen LogP contribution in [0.15, 0.2) is 12.2 Å². The van der Waals surface area contributed by atoms with Crippen LogP contribution in [0, 0.1) is 6.92 Å². The lowest BCUT2D eigenvalue weighted by molar-refractivity contribution is 0.557. The molecule has 0 atom stereocenters. The summed E-state index contributed by atoms with van der Waals surface area (Å²) in [5, 5.41) is 0. The predicted molar refractivity (Wildman–Crippen MR) is 89.4 cm³/mol. The standard InChI is InChI=1S/C19H37/c1-3-5-7-9-11-13-15-17-19-18-16-14-12-10-8-6-4-2/h11,13H,1,3-10,12,14-19H2,2H3/b13-11+. The molecule has 0 aliphatic carbocycles. The van der Waals surface area contributed by atoms with E-state index in [9.17, 15) is 0 Å². The van der Waals surface area contributed by atoms with Crippen molar-refractivity contribution in [1.29, 1.82) is 0 Å². The van der Waals surface area contributed by atoms with E-state index in [-0.39, 0.29) is 0 Å². The van der Waals surface area contributed by atoms with Gasteiger partial charge >= 0.3 is 0 Å². The quantitative estimate of drug-likeness (QED) is 0.216. The van der Waals surface area contributed by atoms with Crippen molar-refractivity contribution in [2.45, 2.75) is 103 Å². The molecular formula is C19H37. The van der Waals surface area contributed by atoms with Gasteiger partial charge in [-0.15, -0.1) is 0 Å². The third kappa shape index (κ3) is 17.7. The molecule has 0 rings (SSSR count). The summed E-state index contributed by atoms with van der Waals surface area (Å²) < 4.78 is 0. The zero-order chi connectivity index (χ0) is 14.0. The summed E-state index contributed by atoms with van der Waals surface area (Å²) in [4.78, 5) is 0. The fourth-order valence-electron chi connectivity index (χ4n) is 2.42. The lowest BCUT2D eigenvalue weighted by atomic mass is 10.1. The Labute approximate surface area is 123 Å². The van der Waals surface area contributed by atoms with Gasteiger partial charge in [0.15, 0.2) is 0 Å². The van der Waals surface area contributed by atoms with Crippen LogP contribution in [0.5, 0.6) is 0 Å². The van der Waals surface area contributed by atoms with E-state index < -0.39 is 0 Å². The molecule has 0 fully saturated rings. The van der Waals surface area contributed by atoms with E-state index in [0.717, 1.165) is 6.42 Å². The molecule has 0 N–H and O–H groups in total. The third-order valence-corrected chi connectivity index (χ3v) is 3.76. The molecule has 0 amide bonds. The largest absolute Gasteiger partial charge is 0.0885 e. The van der Waals surface area contributed by atoms with Gasteiger partial charge in [0, 0.05) is 0 Å². The lowest BCUT2D eigenvalue weighted by Gasteiger charge is -2.01. The fourth-order valence-corrected chi connectivity index (χ4v) is 2.42. The molecule has 0 aromatic heterocycles. The monoisotopic (exact) mass is 265 g/mol. The second-order valence-electron chi connectivity index (χ2n) is 5.79. The molecule has 0 unspecified atom stereocenters. The molecule has 0 aliphatic rings. The van der Waals surface area contributed by atoms with Gasteiger partial charge in [-0.05, 0) is 25.7 Å². The zero-order valence-electron chi connectivity index (χ0n) is 13.5. The normalized spacial score (nSPS) is 11.5. The maximum absolute atomic E-state index is 3.87. The molecule has 0 aliphatic heterocycles. The van der Waals surface area contributed by atoms with E-state index in [1.54, 1.807) is 0 Å². The minimum atomic E-state index is 1.09. The van der Waals surface area contributed by atoms with Gasteiger partial charge < -0.3 is 0 Å². The van der Waals surface area contributed by atoms with Gasteiger partial charge in [0.2, 0.25) is 0 Å². The Kier molecular flexibility index (Phi) is 17.5. The van der Waals surface area contributed by atoms with Gasteiger partial charge in [-0.1, -0.05) is 96.6 Å². The summed E-state index contributed by atoms with van der Waals surface area (Å²) in [6, 6.07) is 0. The molecule has 0 nitrogen and oxygen atoms in total. The molecule has 0 saturated carbocycles. The number of hydrogen-bond donors (Lipinski definition) is 0. The minimum Gasteiger partial charge on any atom is -0.0885 e. The van der Waals surface area contributed by atoms with E-state index in [1.165, 1.54) is 89.9 Å². The minimum absolute atomic E-state index is 1.09. The number of rotatable bonds is 15. The molecule has 0 heterocycles. The van der Waals surface area contributed by atoms with Gasteiger partial charge in [0.25, 0.3) is 0 Å².